The number of hydrogen-bond donors (Lipinski definition) is 4. The quantitative estimate of drug-likeness (QED) is 0.0701. The number of aliphatic hydroxyl groups is 1. The second-order valence-corrected chi connectivity index (χ2v) is 21.4. The highest BCUT2D eigenvalue weighted by atomic mass is 35.5. The number of halogens is 1. The van der Waals surface area contributed by atoms with Crippen LogP contribution < -0.4 is 16.0 Å². The molecule has 65 heavy (non-hydrogen) atoms. The number of β-amino-alcohol motifs (C(OH)–C–C–N with tert-alkyl or cyclic N) is 1. The summed E-state index contributed by atoms with van der Waals surface area (Å²) in [5, 5.41) is 30.1. The fraction of sp³-hybridized carbons (Fsp3) is 0.447. The number of thiophene rings is 1. The molecule has 2 aromatic carbocycles. The largest absolute Gasteiger partial charge is 0.391 e. The number of benzene rings is 2. The summed E-state index contributed by atoms with van der Waals surface area (Å²) in [7, 11) is 0. The molecule has 2 aliphatic rings. The van der Waals surface area contributed by atoms with Crippen LogP contribution >= 0.6 is 46.0 Å². The molecule has 14 nitrogen and oxygen atoms in total. The number of thioether (sulfide) groups is 1. The molecule has 0 unspecified atom stereocenters. The van der Waals surface area contributed by atoms with Crippen molar-refractivity contribution in [2.45, 2.75) is 116 Å². The van der Waals surface area contributed by atoms with Crippen molar-refractivity contribution in [3.05, 3.63) is 104 Å². The molecule has 344 valence electrons. The van der Waals surface area contributed by atoms with Crippen LogP contribution in [0.3, 0.4) is 0 Å². The lowest BCUT2D eigenvalue weighted by Gasteiger charge is -2.37. The van der Waals surface area contributed by atoms with E-state index in [-0.39, 0.29) is 43.7 Å². The number of nitrogens with one attached hydrogen (secondary N) is 3. The number of carbonyl (C=O) groups excluding carboxylic acids is 4. The molecule has 4 amide bonds. The molecule has 0 radical (unpaired) electrons. The first-order valence-corrected chi connectivity index (χ1v) is 24.9. The van der Waals surface area contributed by atoms with Crippen LogP contribution in [0.1, 0.15) is 103 Å². The summed E-state index contributed by atoms with van der Waals surface area (Å²) in [6.45, 7) is 14.0. The predicted octanol–water partition coefficient (Wildman–Crippen LogP) is 7.20. The van der Waals surface area contributed by atoms with Gasteiger partial charge in [0.2, 0.25) is 23.6 Å². The van der Waals surface area contributed by atoms with Crippen molar-refractivity contribution >= 4 is 75.4 Å². The Balaban J connectivity index is 0.907. The Kier molecular flexibility index (Phi) is 15.3. The predicted molar refractivity (Wildman–Crippen MR) is 259 cm³/mol. The third-order valence-electron chi connectivity index (χ3n) is 11.9. The monoisotopic (exact) mass is 957 g/mol. The van der Waals surface area contributed by atoms with Gasteiger partial charge in [-0.1, -0.05) is 54.4 Å². The van der Waals surface area contributed by atoms with E-state index in [1.165, 1.54) is 16.7 Å². The van der Waals surface area contributed by atoms with Crippen molar-refractivity contribution in [3.8, 4) is 15.4 Å². The number of likely N-dealkylation sites (tertiary alicyclic amines) is 1. The number of fused-ring (bicyclic) bond motifs is 3. The molecule has 4 N–H and O–H groups in total. The first-order valence-electron chi connectivity index (χ1n) is 21.8. The number of rotatable bonds is 17. The number of amides is 4. The van der Waals surface area contributed by atoms with Gasteiger partial charge in [0.15, 0.2) is 5.82 Å². The number of aryl methyl sites for hydroxylation is 3. The lowest BCUT2D eigenvalue weighted by Crippen LogP contribution is -2.59. The number of aliphatic imine (C=N–C) groups is 1. The molecule has 2 aliphatic heterocycles. The Hall–Kier alpha value is -4.94. The van der Waals surface area contributed by atoms with Crippen LogP contribution in [0.4, 0.5) is 0 Å². The molecule has 4 atom stereocenters. The lowest BCUT2D eigenvalue weighted by atomic mass is 9.99. The summed E-state index contributed by atoms with van der Waals surface area (Å²) in [4.78, 5) is 66.9. The number of carbonyl (C=O) groups is 4. The molecule has 0 bridgehead atoms. The molecule has 0 saturated carbocycles. The van der Waals surface area contributed by atoms with Crippen molar-refractivity contribution in [2.75, 3.05) is 18.8 Å². The van der Waals surface area contributed by atoms with Crippen molar-refractivity contribution in [1.82, 2.24) is 40.6 Å². The average molecular weight is 959 g/mol. The highest BCUT2D eigenvalue weighted by molar-refractivity contribution is 8.00. The second-order valence-electron chi connectivity index (χ2n) is 17.2. The van der Waals surface area contributed by atoms with Crippen LogP contribution in [0.5, 0.6) is 0 Å². The molecule has 5 aromatic rings. The average Bonchev–Trinajstić information content (AvgIpc) is 4.04. The Bertz CT molecular complexity index is 2570. The van der Waals surface area contributed by atoms with Crippen molar-refractivity contribution in [1.29, 1.82) is 0 Å². The van der Waals surface area contributed by atoms with Gasteiger partial charge in [0.1, 0.15) is 29.0 Å². The Morgan fingerprint density at radius 2 is 1.69 bits per heavy atom. The topological polar surface area (TPSA) is 184 Å². The van der Waals surface area contributed by atoms with Crippen LogP contribution in [-0.2, 0) is 25.7 Å². The molecule has 5 heterocycles. The molecule has 7 rings (SSSR count). The van der Waals surface area contributed by atoms with Gasteiger partial charge in [-0.2, -0.15) is 11.8 Å². The van der Waals surface area contributed by atoms with E-state index < -0.39 is 34.9 Å². The molecule has 0 aliphatic carbocycles. The van der Waals surface area contributed by atoms with Gasteiger partial charge in [-0.05, 0) is 89.0 Å². The van der Waals surface area contributed by atoms with Gasteiger partial charge in [-0.15, -0.1) is 32.9 Å². The van der Waals surface area contributed by atoms with E-state index >= 15 is 0 Å². The normalized spacial score (nSPS) is 17.5. The zero-order valence-corrected chi connectivity index (χ0v) is 40.9. The van der Waals surface area contributed by atoms with E-state index in [1.807, 2.05) is 86.3 Å². The Morgan fingerprint density at radius 3 is 2.38 bits per heavy atom. The van der Waals surface area contributed by atoms with E-state index in [2.05, 4.69) is 45.0 Å². The smallest absolute Gasteiger partial charge is 0.247 e. The minimum absolute atomic E-state index is 0.00644. The summed E-state index contributed by atoms with van der Waals surface area (Å²) in [6.07, 6.45) is 1.71. The fourth-order valence-corrected chi connectivity index (χ4v) is 11.7. The van der Waals surface area contributed by atoms with Gasteiger partial charge in [-0.25, -0.2) is 4.98 Å². The lowest BCUT2D eigenvalue weighted by molar-refractivity contribution is -0.142. The molecule has 18 heteroatoms. The van der Waals surface area contributed by atoms with E-state index in [0.29, 0.717) is 23.1 Å². The summed E-state index contributed by atoms with van der Waals surface area (Å²) < 4.78 is 1.29. The highest BCUT2D eigenvalue weighted by Gasteiger charge is 2.46. The first kappa shape index (κ1) is 48.0. The second kappa shape index (κ2) is 20.7. The van der Waals surface area contributed by atoms with Crippen LogP contribution in [-0.4, -0.2) is 101 Å². The standard InChI is InChI=1S/C47H56ClN9O5S3/c1-26-28(3)65-46-39(26)40(32-15-17-34(48)18-16-32)53-36(43-55-54-29(4)57(43)46)22-38(60)49-19-9-8-10-20-64-47(6,7)42(52-30(5)58)45(62)56-24-35(59)21-37(56)44(61)50-23-31-11-13-33(14-12-31)41-27(2)51-25-63-41/h11-18,25,35-37,42,59H,8-10,19-24H2,1-7H3,(H,49,60)(H,50,61)(H,52,58)/t35-,36-,37-,42+/m0/s1. The van der Waals surface area contributed by atoms with E-state index in [0.717, 1.165) is 74.2 Å². The molecular weight excluding hydrogens is 902 g/mol. The van der Waals surface area contributed by atoms with Crippen LogP contribution in [0, 0.1) is 27.7 Å². The minimum Gasteiger partial charge on any atom is -0.391 e. The number of nitrogens with zero attached hydrogens (tertiary/aromatic N) is 6. The van der Waals surface area contributed by atoms with Crippen LogP contribution in [0.15, 0.2) is 59.0 Å². The molecular formula is C47H56ClN9O5S3. The summed E-state index contributed by atoms with van der Waals surface area (Å²) >= 11 is 11.1. The third kappa shape index (κ3) is 11.0. The molecule has 1 fully saturated rings. The molecule has 1 saturated heterocycles. The van der Waals surface area contributed by atoms with Gasteiger partial charge in [0.05, 0.1) is 34.3 Å². The Morgan fingerprint density at radius 1 is 0.969 bits per heavy atom. The van der Waals surface area contributed by atoms with Gasteiger partial charge < -0.3 is 26.0 Å². The maximum absolute atomic E-state index is 14.2. The SMILES string of the molecule is CC(=O)N[C@H](C(=O)N1C[C@@H](O)C[C@H]1C(=O)NCc1ccc(-c2scnc2C)cc1)C(C)(C)SCCCCCNC(=O)C[C@@H]1N=C(c2ccc(Cl)cc2)c2c(sc(C)c2C)-n2c(C)nnc21. The maximum Gasteiger partial charge on any atom is 0.247 e. The van der Waals surface area contributed by atoms with Crippen molar-refractivity contribution in [3.63, 3.8) is 0 Å². The zero-order chi connectivity index (χ0) is 46.6. The van der Waals surface area contributed by atoms with E-state index in [1.54, 1.807) is 34.4 Å². The van der Waals surface area contributed by atoms with Gasteiger partial charge in [-0.3, -0.25) is 28.7 Å². The molecule has 3 aromatic heterocycles. The minimum atomic E-state index is -0.937. The Labute approximate surface area is 397 Å². The highest BCUT2D eigenvalue weighted by Crippen LogP contribution is 2.40. The third-order valence-corrected chi connectivity index (χ3v) is 15.8. The number of aromatic nitrogens is 4. The van der Waals surface area contributed by atoms with Crippen molar-refractivity contribution < 1.29 is 24.3 Å². The van der Waals surface area contributed by atoms with Gasteiger partial charge in [0.25, 0.3) is 0 Å². The maximum atomic E-state index is 14.2. The van der Waals surface area contributed by atoms with E-state index in [4.69, 9.17) is 16.6 Å². The van der Waals surface area contributed by atoms with Gasteiger partial charge in [0, 0.05) is 58.8 Å². The molecule has 0 spiro atoms. The zero-order valence-electron chi connectivity index (χ0n) is 37.7. The number of thiazole rings is 1. The van der Waals surface area contributed by atoms with Crippen LogP contribution in [0.25, 0.3) is 15.4 Å². The fourth-order valence-electron chi connectivity index (χ4n) is 8.30. The first-order chi connectivity index (χ1) is 31.0. The summed E-state index contributed by atoms with van der Waals surface area (Å²) in [6, 6.07) is 13.1. The van der Waals surface area contributed by atoms with Gasteiger partial charge >= 0.3 is 0 Å². The van der Waals surface area contributed by atoms with Crippen LogP contribution in [0.2, 0.25) is 5.02 Å². The number of aliphatic hydroxyl groups excluding tert-OH is 1. The summed E-state index contributed by atoms with van der Waals surface area (Å²) in [5.74, 6) is 0.781. The number of hydrogen-bond acceptors (Lipinski definition) is 12. The van der Waals surface area contributed by atoms with Crippen molar-refractivity contribution in [2.24, 2.45) is 4.99 Å². The summed E-state index contributed by atoms with van der Waals surface area (Å²) in [5.41, 5.74) is 8.57. The van der Waals surface area contributed by atoms with E-state index in [9.17, 15) is 24.3 Å². The number of unbranched alkanes of at least 4 members (excludes halogenated alkanes) is 2.